The Hall–Kier alpha value is -0.730. The number of hydrogen-bond donors (Lipinski definition) is 1. The highest BCUT2D eigenvalue weighted by atomic mass is 35.5. The molecule has 1 aromatic carbocycles. The SMILES string of the molecule is CC1CCCN(c2ccc(CNC(C)(C)C)c(Cl)c2)C1. The Morgan fingerprint density at radius 1 is 1.35 bits per heavy atom. The highest BCUT2D eigenvalue weighted by Crippen LogP contribution is 2.27. The lowest BCUT2D eigenvalue weighted by Crippen LogP contribution is -2.35. The minimum absolute atomic E-state index is 0.115. The number of rotatable bonds is 3. The highest BCUT2D eigenvalue weighted by molar-refractivity contribution is 6.31. The molecule has 1 aliphatic heterocycles. The average Bonchev–Trinajstić information content (AvgIpc) is 2.36. The van der Waals surface area contributed by atoms with Crippen molar-refractivity contribution >= 4 is 17.3 Å². The summed E-state index contributed by atoms with van der Waals surface area (Å²) in [7, 11) is 0. The van der Waals surface area contributed by atoms with E-state index in [0.29, 0.717) is 0 Å². The van der Waals surface area contributed by atoms with Crippen LogP contribution in [-0.4, -0.2) is 18.6 Å². The van der Waals surface area contributed by atoms with E-state index >= 15 is 0 Å². The van der Waals surface area contributed by atoms with Gasteiger partial charge >= 0.3 is 0 Å². The molecule has 0 amide bonds. The molecule has 0 saturated carbocycles. The molecule has 0 aromatic heterocycles. The summed E-state index contributed by atoms with van der Waals surface area (Å²) in [6.45, 7) is 12.0. The lowest BCUT2D eigenvalue weighted by Gasteiger charge is -2.33. The van der Waals surface area contributed by atoms with Crippen LogP contribution < -0.4 is 10.2 Å². The second-order valence-electron chi connectivity index (χ2n) is 7.07. The van der Waals surface area contributed by atoms with E-state index in [0.717, 1.165) is 30.6 Å². The van der Waals surface area contributed by atoms with Crippen molar-refractivity contribution in [3.63, 3.8) is 0 Å². The maximum Gasteiger partial charge on any atom is 0.0471 e. The zero-order chi connectivity index (χ0) is 14.8. The normalized spacial score (nSPS) is 20.2. The van der Waals surface area contributed by atoms with Gasteiger partial charge < -0.3 is 10.2 Å². The van der Waals surface area contributed by atoms with Gasteiger partial charge in [-0.1, -0.05) is 24.6 Å². The van der Waals surface area contributed by atoms with Gasteiger partial charge in [0.05, 0.1) is 0 Å². The molecular weight excluding hydrogens is 268 g/mol. The maximum atomic E-state index is 6.45. The predicted molar refractivity (Wildman–Crippen MR) is 88.7 cm³/mol. The van der Waals surface area contributed by atoms with Crippen LogP contribution in [0.15, 0.2) is 18.2 Å². The summed E-state index contributed by atoms with van der Waals surface area (Å²) >= 11 is 6.45. The van der Waals surface area contributed by atoms with E-state index in [1.165, 1.54) is 24.1 Å². The van der Waals surface area contributed by atoms with Crippen LogP contribution in [0.4, 0.5) is 5.69 Å². The third kappa shape index (κ3) is 4.39. The Kier molecular flexibility index (Phi) is 4.98. The van der Waals surface area contributed by atoms with Crippen molar-refractivity contribution in [3.05, 3.63) is 28.8 Å². The van der Waals surface area contributed by atoms with E-state index < -0.39 is 0 Å². The minimum atomic E-state index is 0.115. The van der Waals surface area contributed by atoms with Gasteiger partial charge in [0, 0.05) is 35.9 Å². The van der Waals surface area contributed by atoms with E-state index in [1.807, 2.05) is 0 Å². The van der Waals surface area contributed by atoms with E-state index in [2.05, 4.69) is 56.1 Å². The fourth-order valence-electron chi connectivity index (χ4n) is 2.66. The van der Waals surface area contributed by atoms with E-state index in [9.17, 15) is 0 Å². The maximum absolute atomic E-state index is 6.45. The largest absolute Gasteiger partial charge is 0.371 e. The number of nitrogens with zero attached hydrogens (tertiary/aromatic N) is 1. The van der Waals surface area contributed by atoms with E-state index in [4.69, 9.17) is 11.6 Å². The number of halogens is 1. The molecule has 3 heteroatoms. The monoisotopic (exact) mass is 294 g/mol. The summed E-state index contributed by atoms with van der Waals surface area (Å²) in [5.74, 6) is 0.782. The molecule has 20 heavy (non-hydrogen) atoms. The van der Waals surface area contributed by atoms with Crippen LogP contribution in [0.3, 0.4) is 0 Å². The number of hydrogen-bond acceptors (Lipinski definition) is 2. The first kappa shape index (κ1) is 15.7. The van der Waals surface area contributed by atoms with Gasteiger partial charge in [-0.25, -0.2) is 0 Å². The number of anilines is 1. The smallest absolute Gasteiger partial charge is 0.0471 e. The first-order chi connectivity index (χ1) is 9.35. The third-order valence-corrected chi connectivity index (χ3v) is 4.22. The van der Waals surface area contributed by atoms with Gasteiger partial charge in [-0.3, -0.25) is 0 Å². The van der Waals surface area contributed by atoms with Gasteiger partial charge in [-0.15, -0.1) is 0 Å². The van der Waals surface area contributed by atoms with Crippen LogP contribution in [0.5, 0.6) is 0 Å². The Balaban J connectivity index is 2.05. The minimum Gasteiger partial charge on any atom is -0.371 e. The van der Waals surface area contributed by atoms with Crippen LogP contribution in [-0.2, 0) is 6.54 Å². The van der Waals surface area contributed by atoms with Gasteiger partial charge in [0.15, 0.2) is 0 Å². The van der Waals surface area contributed by atoms with Gasteiger partial charge in [-0.2, -0.15) is 0 Å². The second kappa shape index (κ2) is 6.36. The number of benzene rings is 1. The topological polar surface area (TPSA) is 15.3 Å². The summed E-state index contributed by atoms with van der Waals surface area (Å²) in [5, 5.41) is 4.36. The Labute approximate surface area is 128 Å². The molecule has 1 atom stereocenters. The molecule has 112 valence electrons. The van der Waals surface area contributed by atoms with Gasteiger partial charge in [0.1, 0.15) is 0 Å². The second-order valence-corrected chi connectivity index (χ2v) is 7.48. The summed E-state index contributed by atoms with van der Waals surface area (Å²) in [5.41, 5.74) is 2.56. The summed E-state index contributed by atoms with van der Waals surface area (Å²) in [4.78, 5) is 2.46. The molecule has 0 aliphatic carbocycles. The first-order valence-electron chi connectivity index (χ1n) is 7.63. The quantitative estimate of drug-likeness (QED) is 0.885. The molecule has 0 bridgehead atoms. The van der Waals surface area contributed by atoms with Crippen LogP contribution >= 0.6 is 11.6 Å². The zero-order valence-electron chi connectivity index (χ0n) is 13.2. The molecule has 1 N–H and O–H groups in total. The summed E-state index contributed by atoms with van der Waals surface area (Å²) in [6, 6.07) is 6.50. The van der Waals surface area contributed by atoms with E-state index in [1.54, 1.807) is 0 Å². The molecule has 1 unspecified atom stereocenters. The highest BCUT2D eigenvalue weighted by Gasteiger charge is 2.17. The van der Waals surface area contributed by atoms with Crippen LogP contribution in [0, 0.1) is 5.92 Å². The Bertz CT molecular complexity index is 451. The van der Waals surface area contributed by atoms with Gasteiger partial charge in [-0.05, 0) is 57.2 Å². The average molecular weight is 295 g/mol. The van der Waals surface area contributed by atoms with Crippen molar-refractivity contribution in [3.8, 4) is 0 Å². The Morgan fingerprint density at radius 2 is 2.10 bits per heavy atom. The lowest BCUT2D eigenvalue weighted by molar-refractivity contribution is 0.424. The summed E-state index contributed by atoms with van der Waals surface area (Å²) < 4.78 is 0. The van der Waals surface area contributed by atoms with Crippen LogP contribution in [0.25, 0.3) is 0 Å². The fraction of sp³-hybridized carbons (Fsp3) is 0.647. The molecule has 2 nitrogen and oxygen atoms in total. The molecule has 2 rings (SSSR count). The van der Waals surface area contributed by atoms with Crippen molar-refractivity contribution in [1.29, 1.82) is 0 Å². The number of piperidine rings is 1. The lowest BCUT2D eigenvalue weighted by atomic mass is 9.99. The first-order valence-corrected chi connectivity index (χ1v) is 8.01. The van der Waals surface area contributed by atoms with Crippen LogP contribution in [0.1, 0.15) is 46.1 Å². The molecule has 1 heterocycles. The fourth-order valence-corrected chi connectivity index (χ4v) is 2.90. The number of nitrogens with one attached hydrogen (secondary N) is 1. The molecule has 1 aromatic rings. The van der Waals surface area contributed by atoms with Crippen LogP contribution in [0.2, 0.25) is 5.02 Å². The molecule has 0 radical (unpaired) electrons. The predicted octanol–water partition coefficient (Wildman–Crippen LogP) is 4.46. The molecule has 0 spiro atoms. The van der Waals surface area contributed by atoms with Gasteiger partial charge in [0.2, 0.25) is 0 Å². The molecule has 1 aliphatic rings. The van der Waals surface area contributed by atoms with Crippen molar-refractivity contribution in [2.45, 2.75) is 52.6 Å². The third-order valence-electron chi connectivity index (χ3n) is 3.87. The summed E-state index contributed by atoms with van der Waals surface area (Å²) in [6.07, 6.45) is 2.63. The molecular formula is C17H27ClN2. The van der Waals surface area contributed by atoms with Gasteiger partial charge in [0.25, 0.3) is 0 Å². The molecule has 1 fully saturated rings. The standard InChI is InChI=1S/C17H27ClN2/c1-13-6-5-9-20(12-13)15-8-7-14(16(18)10-15)11-19-17(2,3)4/h7-8,10,13,19H,5-6,9,11-12H2,1-4H3. The van der Waals surface area contributed by atoms with Crippen molar-refractivity contribution in [2.24, 2.45) is 5.92 Å². The van der Waals surface area contributed by atoms with E-state index in [-0.39, 0.29) is 5.54 Å². The van der Waals surface area contributed by atoms with Crippen molar-refractivity contribution in [2.75, 3.05) is 18.0 Å². The molecule has 1 saturated heterocycles. The Morgan fingerprint density at radius 3 is 2.70 bits per heavy atom. The zero-order valence-corrected chi connectivity index (χ0v) is 13.9. The van der Waals surface area contributed by atoms with Crippen molar-refractivity contribution < 1.29 is 0 Å². The van der Waals surface area contributed by atoms with Crippen molar-refractivity contribution in [1.82, 2.24) is 5.32 Å².